The van der Waals surface area contributed by atoms with Crippen LogP contribution in [0.25, 0.3) is 0 Å². The number of benzene rings is 2. The van der Waals surface area contributed by atoms with Crippen molar-refractivity contribution in [1.29, 1.82) is 0 Å². The Bertz CT molecular complexity index is 553. The molecule has 0 bridgehead atoms. The number of nitrogens with one attached hydrogen (secondary N) is 1. The van der Waals surface area contributed by atoms with Gasteiger partial charge < -0.3 is 15.5 Å². The molecule has 3 nitrogen and oxygen atoms in total. The van der Waals surface area contributed by atoms with E-state index in [1.807, 2.05) is 0 Å². The van der Waals surface area contributed by atoms with E-state index in [-0.39, 0.29) is 11.5 Å². The molecule has 0 heterocycles. The van der Waals surface area contributed by atoms with Crippen molar-refractivity contribution in [2.75, 3.05) is 5.32 Å². The summed E-state index contributed by atoms with van der Waals surface area (Å²) < 4.78 is 0. The quantitative estimate of drug-likeness (QED) is 0.746. The Morgan fingerprint density at radius 2 is 1.56 bits per heavy atom. The maximum absolute atomic E-state index is 9.37. The fraction of sp³-hybridized carbons (Fsp3) is 0.0769. The SMILES string of the molecule is Oc1ccc(CNc2cc(Cl)cc(Cl)c2)cc1O. The minimum atomic E-state index is -0.140. The smallest absolute Gasteiger partial charge is 0.157 e. The molecule has 0 aromatic heterocycles. The van der Waals surface area contributed by atoms with Crippen molar-refractivity contribution in [2.24, 2.45) is 0 Å². The second-order valence-electron chi connectivity index (χ2n) is 3.83. The monoisotopic (exact) mass is 283 g/mol. The van der Waals surface area contributed by atoms with Gasteiger partial charge in [-0.3, -0.25) is 0 Å². The van der Waals surface area contributed by atoms with Crippen molar-refractivity contribution in [3.8, 4) is 11.5 Å². The molecule has 5 heteroatoms. The highest BCUT2D eigenvalue weighted by molar-refractivity contribution is 6.35. The average molecular weight is 284 g/mol. The van der Waals surface area contributed by atoms with E-state index in [0.29, 0.717) is 16.6 Å². The Morgan fingerprint density at radius 1 is 0.889 bits per heavy atom. The molecule has 0 amide bonds. The number of hydrogen-bond acceptors (Lipinski definition) is 3. The van der Waals surface area contributed by atoms with Crippen LogP contribution in [0.5, 0.6) is 11.5 Å². The molecule has 0 radical (unpaired) electrons. The summed E-state index contributed by atoms with van der Waals surface area (Å²) in [5.41, 5.74) is 1.63. The van der Waals surface area contributed by atoms with Gasteiger partial charge in [-0.15, -0.1) is 0 Å². The van der Waals surface area contributed by atoms with Crippen molar-refractivity contribution in [3.05, 3.63) is 52.0 Å². The summed E-state index contributed by atoms with van der Waals surface area (Å²) in [5.74, 6) is -0.275. The molecule has 94 valence electrons. The minimum absolute atomic E-state index is 0.135. The lowest BCUT2D eigenvalue weighted by Crippen LogP contribution is -1.99. The Labute approximate surface area is 115 Å². The fourth-order valence-electron chi connectivity index (χ4n) is 1.54. The van der Waals surface area contributed by atoms with Gasteiger partial charge in [-0.25, -0.2) is 0 Å². The third kappa shape index (κ3) is 3.22. The van der Waals surface area contributed by atoms with E-state index in [0.717, 1.165) is 11.3 Å². The van der Waals surface area contributed by atoms with Gasteiger partial charge in [-0.2, -0.15) is 0 Å². The van der Waals surface area contributed by atoms with Crippen LogP contribution < -0.4 is 5.32 Å². The van der Waals surface area contributed by atoms with E-state index < -0.39 is 0 Å². The summed E-state index contributed by atoms with van der Waals surface area (Å²) in [4.78, 5) is 0. The van der Waals surface area contributed by atoms with Gasteiger partial charge in [0.1, 0.15) is 0 Å². The molecule has 2 rings (SSSR count). The number of hydrogen-bond donors (Lipinski definition) is 3. The van der Waals surface area contributed by atoms with Crippen LogP contribution in [0, 0.1) is 0 Å². The fourth-order valence-corrected chi connectivity index (χ4v) is 2.07. The topological polar surface area (TPSA) is 52.5 Å². The Hall–Kier alpha value is -1.58. The van der Waals surface area contributed by atoms with E-state index in [1.165, 1.54) is 12.1 Å². The Kier molecular flexibility index (Phi) is 3.84. The second kappa shape index (κ2) is 5.38. The first kappa shape index (κ1) is 12.9. The summed E-state index contributed by atoms with van der Waals surface area (Å²) in [6.45, 7) is 0.491. The van der Waals surface area contributed by atoms with E-state index in [1.54, 1.807) is 24.3 Å². The zero-order chi connectivity index (χ0) is 13.1. The number of rotatable bonds is 3. The van der Waals surface area contributed by atoms with Crippen LogP contribution in [0.3, 0.4) is 0 Å². The molecule has 0 spiro atoms. The maximum Gasteiger partial charge on any atom is 0.157 e. The molecule has 0 fully saturated rings. The van der Waals surface area contributed by atoms with Crippen molar-refractivity contribution < 1.29 is 10.2 Å². The summed E-state index contributed by atoms with van der Waals surface area (Å²) in [5, 5.41) is 22.8. The molecule has 0 aliphatic rings. The first-order valence-electron chi connectivity index (χ1n) is 5.25. The van der Waals surface area contributed by atoms with Gasteiger partial charge >= 0.3 is 0 Å². The third-order valence-corrected chi connectivity index (χ3v) is 2.84. The Morgan fingerprint density at radius 3 is 2.17 bits per heavy atom. The molecule has 0 saturated heterocycles. The highest BCUT2D eigenvalue weighted by atomic mass is 35.5. The molecule has 18 heavy (non-hydrogen) atoms. The van der Waals surface area contributed by atoms with Crippen molar-refractivity contribution in [2.45, 2.75) is 6.54 Å². The molecule has 0 atom stereocenters. The van der Waals surface area contributed by atoms with Gasteiger partial charge in [0.2, 0.25) is 0 Å². The van der Waals surface area contributed by atoms with Crippen molar-refractivity contribution in [1.82, 2.24) is 0 Å². The highest BCUT2D eigenvalue weighted by Crippen LogP contribution is 2.26. The van der Waals surface area contributed by atoms with Gasteiger partial charge in [0.05, 0.1) is 0 Å². The van der Waals surface area contributed by atoms with Crippen LogP contribution in [0.2, 0.25) is 10.0 Å². The van der Waals surface area contributed by atoms with Gasteiger partial charge in [0, 0.05) is 22.3 Å². The molecule has 0 aliphatic heterocycles. The number of aromatic hydroxyl groups is 2. The maximum atomic E-state index is 9.37. The Balaban J connectivity index is 2.08. The van der Waals surface area contributed by atoms with E-state index in [9.17, 15) is 10.2 Å². The van der Waals surface area contributed by atoms with E-state index >= 15 is 0 Å². The average Bonchev–Trinajstić information content (AvgIpc) is 2.29. The molecule has 2 aromatic rings. The summed E-state index contributed by atoms with van der Waals surface area (Å²) in [7, 11) is 0. The van der Waals surface area contributed by atoms with Gasteiger partial charge in [-0.05, 0) is 35.9 Å². The van der Waals surface area contributed by atoms with Crippen LogP contribution in [0.4, 0.5) is 5.69 Å². The molecule has 3 N–H and O–H groups in total. The second-order valence-corrected chi connectivity index (χ2v) is 4.71. The number of anilines is 1. The first-order valence-corrected chi connectivity index (χ1v) is 6.01. The van der Waals surface area contributed by atoms with Crippen LogP contribution >= 0.6 is 23.2 Å². The van der Waals surface area contributed by atoms with Crippen LogP contribution in [0.15, 0.2) is 36.4 Å². The third-order valence-electron chi connectivity index (χ3n) is 2.40. The first-order chi connectivity index (χ1) is 8.54. The number of halogens is 2. The number of phenolic OH excluding ortho intramolecular Hbond substituents is 2. The van der Waals surface area contributed by atoms with Crippen LogP contribution in [0.1, 0.15) is 5.56 Å². The summed E-state index contributed by atoms with van der Waals surface area (Å²) in [6, 6.07) is 9.82. The lowest BCUT2D eigenvalue weighted by atomic mass is 10.2. The lowest BCUT2D eigenvalue weighted by Gasteiger charge is -2.08. The zero-order valence-corrected chi connectivity index (χ0v) is 10.8. The lowest BCUT2D eigenvalue weighted by molar-refractivity contribution is 0.403. The van der Waals surface area contributed by atoms with E-state index in [4.69, 9.17) is 23.2 Å². The predicted molar refractivity (Wildman–Crippen MR) is 73.6 cm³/mol. The molecule has 2 aromatic carbocycles. The molecule has 0 unspecified atom stereocenters. The van der Waals surface area contributed by atoms with E-state index in [2.05, 4.69) is 5.32 Å². The molecule has 0 saturated carbocycles. The van der Waals surface area contributed by atoms with Gasteiger partial charge in [0.15, 0.2) is 11.5 Å². The molecule has 0 aliphatic carbocycles. The minimum Gasteiger partial charge on any atom is -0.504 e. The largest absolute Gasteiger partial charge is 0.504 e. The highest BCUT2D eigenvalue weighted by Gasteiger charge is 2.02. The van der Waals surface area contributed by atoms with Crippen LogP contribution in [-0.4, -0.2) is 10.2 Å². The molecular formula is C13H11Cl2NO2. The van der Waals surface area contributed by atoms with Crippen LogP contribution in [-0.2, 0) is 6.54 Å². The summed E-state index contributed by atoms with van der Waals surface area (Å²) in [6.07, 6.45) is 0. The van der Waals surface area contributed by atoms with Gasteiger partial charge in [-0.1, -0.05) is 29.3 Å². The standard InChI is InChI=1S/C13H11Cl2NO2/c14-9-4-10(15)6-11(5-9)16-7-8-1-2-12(17)13(18)3-8/h1-6,16-18H,7H2. The van der Waals surface area contributed by atoms with Gasteiger partial charge in [0.25, 0.3) is 0 Å². The summed E-state index contributed by atoms with van der Waals surface area (Å²) >= 11 is 11.8. The zero-order valence-electron chi connectivity index (χ0n) is 9.32. The number of phenols is 2. The molecular weight excluding hydrogens is 273 g/mol. The van der Waals surface area contributed by atoms with Crippen molar-refractivity contribution in [3.63, 3.8) is 0 Å². The van der Waals surface area contributed by atoms with Crippen molar-refractivity contribution >= 4 is 28.9 Å². The predicted octanol–water partition coefficient (Wildman–Crippen LogP) is 4.02. The normalized spacial score (nSPS) is 10.3.